The molecule has 12 fully saturated rings. The quantitative estimate of drug-likeness (QED) is 0.0169. The molecular formula is C104H148F12O26. The van der Waals surface area contributed by atoms with Gasteiger partial charge in [0.1, 0.15) is 47.3 Å². The topological polar surface area (TPSA) is 318 Å². The van der Waals surface area contributed by atoms with Crippen LogP contribution in [0.25, 0.3) is 0 Å². The number of esters is 10. The molecule has 142 heavy (non-hydrogen) atoms. The van der Waals surface area contributed by atoms with Gasteiger partial charge in [-0.25, -0.2) is 40.3 Å². The van der Waals surface area contributed by atoms with E-state index < -0.39 is 236 Å². The third-order valence-electron chi connectivity index (χ3n) is 31.6. The highest BCUT2D eigenvalue weighted by Crippen LogP contribution is 2.64. The first-order valence-corrected chi connectivity index (χ1v) is 50.1. The van der Waals surface area contributed by atoms with Crippen LogP contribution in [0.5, 0.6) is 5.75 Å². The van der Waals surface area contributed by atoms with E-state index in [2.05, 4.69) is 74.0 Å². The second kappa shape index (κ2) is 44.6. The van der Waals surface area contributed by atoms with Crippen molar-refractivity contribution in [2.24, 2.45) is 78.8 Å². The monoisotopic (exact) mass is 2040 g/mol. The van der Waals surface area contributed by atoms with E-state index in [1.165, 1.54) is 44.9 Å². The molecule has 7 heterocycles. The minimum atomic E-state index is -5.77. The minimum absolute atomic E-state index is 0.0197. The molecule has 2 bridgehead atoms. The maximum Gasteiger partial charge on any atom is 0.422 e. The molecule has 5 aliphatic carbocycles. The third kappa shape index (κ3) is 24.7. The summed E-state index contributed by atoms with van der Waals surface area (Å²) >= 11 is 0. The van der Waals surface area contributed by atoms with Crippen molar-refractivity contribution < 1.29 is 176 Å². The van der Waals surface area contributed by atoms with Crippen molar-refractivity contribution >= 4 is 59.7 Å². The standard InChI is InChI=1S/C22H19F7O6.C22H34O7.C19H17F5O7.C15H28O2.C13H24O2.C13H26O2/c1-4-20(2,3)17(30)33-14-7-5-8-15(14)34-18(31)21(8,6-7)19(32)35-16-12(25)10(23)9(22(27,28)29)11(24)13(16)26;1-7-21(5,6)19(24)27-15-13-14(25-17(15)23)16-18(26-13)29-22(28-16)10-8-12(9-11-22)20(2,3)4;1-4-19(2,3)18(26)30-13-11-12(27-15(13)25)14-17(28-11)31-16(29-14)5-6(20)8(22)10(24)9(23)7(5)21;1-6-14(2,3)13(16)17-15(4,5)12-10-8-7-9-11-12;1-5-12(3,4)11(14)15-13(6-2)9-7-8-10-13;1-8-13(6,7)12(14)15-11(9(2)3)10(4)5/h7-8,14-15H,4-6H2,1-3H3;12-16,18H,7-11H2,1-6H3;11-14,16-17H,4H2,1-3H3;12H,6-11H2,1-5H3;5-10H2,1-4H3;9-11H,8H2,1-7H3/t;12?,13-,14-,15-,16+,18+,22?;11-,12-,13-,14+,16?,17+;;;/m.00.../s1. The summed E-state index contributed by atoms with van der Waals surface area (Å²) in [6, 6.07) is 0. The summed E-state index contributed by atoms with van der Waals surface area (Å²) in [5.74, 6) is -30.0. The molecule has 0 radical (unpaired) electrons. The number of carbonyl (C=O) groups excluding carboxylic acids is 10. The Labute approximate surface area is 824 Å². The molecule has 12 aliphatic rings. The largest absolute Gasteiger partial charge is 0.461 e. The summed E-state index contributed by atoms with van der Waals surface area (Å²) in [6.07, 6.45) is -0.216. The lowest BCUT2D eigenvalue weighted by atomic mass is 9.71. The zero-order valence-corrected chi connectivity index (χ0v) is 87.3. The zero-order chi connectivity index (χ0) is 107. The average molecular weight is 2040 g/mol. The lowest BCUT2D eigenvalue weighted by molar-refractivity contribution is -0.251. The minimum Gasteiger partial charge on any atom is -0.461 e. The molecule has 7 aliphatic heterocycles. The van der Waals surface area contributed by atoms with Crippen molar-refractivity contribution in [3.63, 3.8) is 0 Å². The maximum absolute atomic E-state index is 14.2. The normalized spacial score (nSPS) is 28.6. The van der Waals surface area contributed by atoms with E-state index in [0.717, 1.165) is 64.2 Å². The highest BCUT2D eigenvalue weighted by molar-refractivity contribution is 6.04. The molecule has 0 N–H and O–H groups in total. The Kier molecular flexibility index (Phi) is 37.0. The van der Waals surface area contributed by atoms with Gasteiger partial charge in [-0.15, -0.1) is 0 Å². The van der Waals surface area contributed by atoms with Gasteiger partial charge in [-0.05, 0) is 235 Å². The number of rotatable bonds is 25. The summed E-state index contributed by atoms with van der Waals surface area (Å²) in [6.45, 7) is 54.9. The van der Waals surface area contributed by atoms with Crippen molar-refractivity contribution in [1.29, 1.82) is 0 Å². The van der Waals surface area contributed by atoms with Gasteiger partial charge >= 0.3 is 65.9 Å². The molecule has 5 saturated carbocycles. The van der Waals surface area contributed by atoms with Gasteiger partial charge in [0.05, 0.1) is 38.1 Å². The number of carbonyl (C=O) groups is 10. The van der Waals surface area contributed by atoms with Crippen LogP contribution in [0.4, 0.5) is 52.7 Å². The van der Waals surface area contributed by atoms with Crippen LogP contribution >= 0.6 is 0 Å². The smallest absolute Gasteiger partial charge is 0.422 e. The Hall–Kier alpha value is -7.94. The number of fused-ring (bicyclic) bond motifs is 7. The number of hydrogen-bond acceptors (Lipinski definition) is 26. The molecule has 26 nitrogen and oxygen atoms in total. The van der Waals surface area contributed by atoms with Crippen LogP contribution < -0.4 is 4.74 Å². The SMILES string of the molecule is CCC(C)(C)C(=O)OC(C(C)C)C(C)C.CCC(C)(C)C(=O)OC(C)(C)C1CCCCC1.CCC(C)(C)C(=O)OC1C2CC3C1OC(=O)C3(C(=O)Oc1c(F)c(F)c(C(F)(F)F)c(F)c1F)C2.CCC(C)(C)C(=O)O[C@@H]1C(=O)O[C@@H]2[C@H]3OC(c4c(F)c(F)c(F)c(F)c4F)O[C@H]3O[C@@H]21.CCC(C)(C)C(=O)O[C@@H]1C(=O)O[C@@H]2[C@H]3OC4(CCC(C(C)(C)C)CC4)O[C@H]3O[C@@H]21.CCC1(OC(=O)C(C)(C)CC)CCCC1. The molecule has 38 heteroatoms. The molecule has 2 aromatic carbocycles. The van der Waals surface area contributed by atoms with Crippen LogP contribution in [-0.2, 0) is 125 Å². The third-order valence-corrected chi connectivity index (χ3v) is 31.6. The van der Waals surface area contributed by atoms with E-state index in [-0.39, 0.29) is 69.7 Å². The second-order valence-electron chi connectivity index (χ2n) is 45.8. The van der Waals surface area contributed by atoms with Gasteiger partial charge in [0.2, 0.25) is 35.4 Å². The molecule has 16 atom stereocenters. The van der Waals surface area contributed by atoms with E-state index in [4.69, 9.17) is 71.1 Å². The van der Waals surface area contributed by atoms with Crippen molar-refractivity contribution in [1.82, 2.24) is 0 Å². The first kappa shape index (κ1) is 118. The zero-order valence-electron chi connectivity index (χ0n) is 87.3. The molecule has 14 rings (SSSR count). The summed E-state index contributed by atoms with van der Waals surface area (Å²) < 4.78 is 251. The number of benzene rings is 2. The van der Waals surface area contributed by atoms with Crippen molar-refractivity contribution in [2.45, 2.75) is 444 Å². The molecule has 0 aromatic heterocycles. The second-order valence-corrected chi connectivity index (χ2v) is 45.8. The fourth-order valence-corrected chi connectivity index (χ4v) is 19.1. The summed E-state index contributed by atoms with van der Waals surface area (Å²) in [7, 11) is 0. The van der Waals surface area contributed by atoms with Crippen molar-refractivity contribution in [2.75, 3.05) is 0 Å². The van der Waals surface area contributed by atoms with Gasteiger partial charge < -0.3 is 75.8 Å². The van der Waals surface area contributed by atoms with E-state index in [9.17, 15) is 101 Å². The summed E-state index contributed by atoms with van der Waals surface area (Å²) in [5.41, 5.74) is -9.88. The van der Waals surface area contributed by atoms with E-state index in [1.807, 2.05) is 69.2 Å². The van der Waals surface area contributed by atoms with Crippen LogP contribution in [-0.4, -0.2) is 156 Å². The van der Waals surface area contributed by atoms with Gasteiger partial charge in [-0.1, -0.05) is 116 Å². The fourth-order valence-electron chi connectivity index (χ4n) is 19.1. The fraction of sp³-hybridized carbons (Fsp3) is 0.788. The molecular weight excluding hydrogens is 1890 g/mol. The lowest BCUT2D eigenvalue weighted by Crippen LogP contribution is -2.47. The molecule has 6 unspecified atom stereocenters. The first-order chi connectivity index (χ1) is 65.5. The van der Waals surface area contributed by atoms with E-state index in [1.54, 1.807) is 55.4 Å². The van der Waals surface area contributed by atoms with Crippen LogP contribution in [0.1, 0.15) is 353 Å². The highest BCUT2D eigenvalue weighted by atomic mass is 19.4. The number of alkyl halides is 3. The number of halogens is 12. The Morgan fingerprint density at radius 1 is 0.423 bits per heavy atom. The maximum atomic E-state index is 14.2. The Morgan fingerprint density at radius 2 is 0.852 bits per heavy atom. The Bertz CT molecular complexity index is 4810. The predicted octanol–water partition coefficient (Wildman–Crippen LogP) is 22.3. The van der Waals surface area contributed by atoms with Crippen LogP contribution in [0, 0.1) is 131 Å². The molecule has 7 saturated heterocycles. The molecule has 0 amide bonds. The van der Waals surface area contributed by atoms with Crippen LogP contribution in [0.2, 0.25) is 0 Å². The average Bonchev–Trinajstić information content (AvgIpc) is 1.52. The summed E-state index contributed by atoms with van der Waals surface area (Å²) in [5, 5.41) is 0. The van der Waals surface area contributed by atoms with Gasteiger partial charge in [0, 0.05) is 24.7 Å². The Balaban J connectivity index is 0.000000196. The van der Waals surface area contributed by atoms with Crippen LogP contribution in [0.15, 0.2) is 0 Å². The van der Waals surface area contributed by atoms with Gasteiger partial charge in [0.25, 0.3) is 0 Å². The highest BCUT2D eigenvalue weighted by Gasteiger charge is 2.76. The first-order valence-electron chi connectivity index (χ1n) is 50.1. The van der Waals surface area contributed by atoms with E-state index >= 15 is 0 Å². The number of ether oxygens (including phenoxy) is 16. The summed E-state index contributed by atoms with van der Waals surface area (Å²) in [4.78, 5) is 123. The van der Waals surface area contributed by atoms with Crippen molar-refractivity contribution in [3.05, 3.63) is 63.5 Å². The predicted molar refractivity (Wildman–Crippen MR) is 486 cm³/mol. The number of hydrogen-bond donors (Lipinski definition) is 0. The van der Waals surface area contributed by atoms with E-state index in [0.29, 0.717) is 42.9 Å². The van der Waals surface area contributed by atoms with Crippen molar-refractivity contribution in [3.8, 4) is 5.75 Å². The molecule has 1 spiro atoms. The van der Waals surface area contributed by atoms with Gasteiger partial charge in [-0.3, -0.25) is 38.4 Å². The van der Waals surface area contributed by atoms with Gasteiger partial charge in [-0.2, -0.15) is 22.0 Å². The lowest BCUT2D eigenvalue weighted by Gasteiger charge is -2.41. The van der Waals surface area contributed by atoms with Crippen LogP contribution in [0.3, 0.4) is 0 Å². The Morgan fingerprint density at radius 3 is 1.30 bits per heavy atom. The van der Waals surface area contributed by atoms with Gasteiger partial charge in [0.15, 0.2) is 89.4 Å². The molecule has 804 valence electrons. The molecule has 2 aromatic rings.